The molecule has 1 saturated heterocycles. The van der Waals surface area contributed by atoms with Crippen molar-refractivity contribution in [3.8, 4) is 17.2 Å². The molecule has 0 saturated carbocycles. The van der Waals surface area contributed by atoms with Gasteiger partial charge in [-0.2, -0.15) is 0 Å². The van der Waals surface area contributed by atoms with Gasteiger partial charge in [0.1, 0.15) is 30.4 Å². The van der Waals surface area contributed by atoms with Crippen molar-refractivity contribution < 1.29 is 19.1 Å². The molecule has 4 heteroatoms. The molecule has 1 N–H and O–H groups in total. The van der Waals surface area contributed by atoms with Gasteiger partial charge in [-0.25, -0.2) is 0 Å². The van der Waals surface area contributed by atoms with Gasteiger partial charge in [-0.3, -0.25) is 0 Å². The fraction of sp³-hybridized carbons (Fsp3) is 0.478. The minimum absolute atomic E-state index is 0.553. The lowest BCUT2D eigenvalue weighted by Gasteiger charge is -2.31. The van der Waals surface area contributed by atoms with Crippen LogP contribution in [0, 0.1) is 11.8 Å². The average Bonchev–Trinajstić information content (AvgIpc) is 2.65. The zero-order valence-corrected chi connectivity index (χ0v) is 16.5. The quantitative estimate of drug-likeness (QED) is 0.687. The van der Waals surface area contributed by atoms with Crippen molar-refractivity contribution in [2.75, 3.05) is 39.5 Å². The molecule has 4 nitrogen and oxygen atoms in total. The number of benzene rings is 2. The Morgan fingerprint density at radius 2 is 1.52 bits per heavy atom. The van der Waals surface area contributed by atoms with E-state index in [0.29, 0.717) is 13.2 Å². The van der Waals surface area contributed by atoms with Crippen LogP contribution in [0.2, 0.25) is 0 Å². The van der Waals surface area contributed by atoms with Gasteiger partial charge in [-0.15, -0.1) is 0 Å². The van der Waals surface area contributed by atoms with Gasteiger partial charge < -0.3 is 19.1 Å². The minimum atomic E-state index is 0.553. The van der Waals surface area contributed by atoms with Gasteiger partial charge in [-0.1, -0.05) is 38.1 Å². The summed E-state index contributed by atoms with van der Waals surface area (Å²) in [6, 6.07) is 17.5. The van der Waals surface area contributed by atoms with Crippen LogP contribution in [-0.2, 0) is 4.74 Å². The summed E-state index contributed by atoms with van der Waals surface area (Å²) in [5.74, 6) is 4.06. The first-order valence-electron chi connectivity index (χ1n) is 10.1. The zero-order chi connectivity index (χ0) is 18.9. The Balaban J connectivity index is 1.33. The van der Waals surface area contributed by atoms with E-state index in [2.05, 4.69) is 13.8 Å². The second-order valence-corrected chi connectivity index (χ2v) is 7.71. The molecular weight excluding hydrogens is 338 g/mol. The third-order valence-corrected chi connectivity index (χ3v) is 4.96. The van der Waals surface area contributed by atoms with Gasteiger partial charge in [0.15, 0.2) is 0 Å². The topological polar surface area (TPSA) is 32.1 Å². The monoisotopic (exact) mass is 370 g/mol. The number of quaternary nitrogens is 1. The first kappa shape index (κ1) is 19.7. The molecule has 1 fully saturated rings. The van der Waals surface area contributed by atoms with Gasteiger partial charge in [0.2, 0.25) is 0 Å². The lowest BCUT2D eigenvalue weighted by molar-refractivity contribution is -0.912. The highest BCUT2D eigenvalue weighted by molar-refractivity contribution is 5.36. The summed E-state index contributed by atoms with van der Waals surface area (Å²) in [7, 11) is 0. The normalized spacial score (nSPS) is 22.4. The van der Waals surface area contributed by atoms with Crippen LogP contribution in [0.25, 0.3) is 0 Å². The summed E-state index contributed by atoms with van der Waals surface area (Å²) in [5.41, 5.74) is 0. The maximum Gasteiger partial charge on any atom is 0.131 e. The standard InChI is InChI=1S/C23H31NO3/c1-19-15-20(2)18-24(17-19)11-12-25-13-14-26-22-9-6-10-23(16-22)27-21-7-4-3-5-8-21/h3-10,16,19-20H,11-15,17-18H2,1-2H3/p+1/t19-,20+. The second kappa shape index (κ2) is 10.3. The molecule has 2 aromatic carbocycles. The largest absolute Gasteiger partial charge is 0.491 e. The van der Waals surface area contributed by atoms with Crippen LogP contribution in [-0.4, -0.2) is 39.5 Å². The van der Waals surface area contributed by atoms with E-state index in [1.165, 1.54) is 19.5 Å². The predicted molar refractivity (Wildman–Crippen MR) is 108 cm³/mol. The van der Waals surface area contributed by atoms with Gasteiger partial charge >= 0.3 is 0 Å². The van der Waals surface area contributed by atoms with E-state index in [-0.39, 0.29) is 0 Å². The van der Waals surface area contributed by atoms with E-state index >= 15 is 0 Å². The molecule has 27 heavy (non-hydrogen) atoms. The first-order valence-corrected chi connectivity index (χ1v) is 10.1. The third-order valence-electron chi connectivity index (χ3n) is 4.96. The molecule has 0 radical (unpaired) electrons. The first-order chi connectivity index (χ1) is 13.2. The molecule has 1 heterocycles. The Hall–Kier alpha value is -2.04. The highest BCUT2D eigenvalue weighted by atomic mass is 16.5. The van der Waals surface area contributed by atoms with Crippen molar-refractivity contribution in [2.45, 2.75) is 20.3 Å². The van der Waals surface area contributed by atoms with Crippen molar-refractivity contribution >= 4 is 0 Å². The fourth-order valence-corrected chi connectivity index (χ4v) is 3.92. The maximum atomic E-state index is 5.83. The Kier molecular flexibility index (Phi) is 7.55. The second-order valence-electron chi connectivity index (χ2n) is 7.71. The summed E-state index contributed by atoms with van der Waals surface area (Å²) >= 11 is 0. The van der Waals surface area contributed by atoms with Gasteiger partial charge in [-0.05, 0) is 30.7 Å². The van der Waals surface area contributed by atoms with Gasteiger partial charge in [0, 0.05) is 17.9 Å². The molecule has 0 aromatic heterocycles. The molecule has 0 aliphatic carbocycles. The van der Waals surface area contributed by atoms with Crippen LogP contribution in [0.15, 0.2) is 54.6 Å². The van der Waals surface area contributed by atoms with Gasteiger partial charge in [0.05, 0.1) is 26.3 Å². The molecule has 1 unspecified atom stereocenters. The number of para-hydroxylation sites is 1. The number of hydrogen-bond acceptors (Lipinski definition) is 3. The fourth-order valence-electron chi connectivity index (χ4n) is 3.92. The van der Waals surface area contributed by atoms with E-state index in [1.54, 1.807) is 4.90 Å². The summed E-state index contributed by atoms with van der Waals surface area (Å²) in [6.07, 6.45) is 1.37. The molecule has 2 aromatic rings. The number of nitrogens with one attached hydrogen (secondary N) is 1. The van der Waals surface area contributed by atoms with Crippen LogP contribution in [0.3, 0.4) is 0 Å². The average molecular weight is 371 g/mol. The minimum Gasteiger partial charge on any atom is -0.491 e. The summed E-state index contributed by atoms with van der Waals surface area (Å²) in [4.78, 5) is 1.67. The van der Waals surface area contributed by atoms with E-state index in [1.807, 2.05) is 54.6 Å². The lowest BCUT2D eigenvalue weighted by Crippen LogP contribution is -3.14. The van der Waals surface area contributed by atoms with Crippen molar-refractivity contribution in [1.82, 2.24) is 0 Å². The van der Waals surface area contributed by atoms with Crippen molar-refractivity contribution in [3.63, 3.8) is 0 Å². The van der Waals surface area contributed by atoms with Crippen molar-refractivity contribution in [3.05, 3.63) is 54.6 Å². The van der Waals surface area contributed by atoms with E-state index < -0.39 is 0 Å². The maximum absolute atomic E-state index is 5.83. The Bertz CT molecular complexity index is 666. The lowest BCUT2D eigenvalue weighted by atomic mass is 9.92. The molecular formula is C23H32NO3+. The van der Waals surface area contributed by atoms with Gasteiger partial charge in [0.25, 0.3) is 0 Å². The number of piperidine rings is 1. The smallest absolute Gasteiger partial charge is 0.131 e. The number of hydrogen-bond donors (Lipinski definition) is 1. The summed E-state index contributed by atoms with van der Waals surface area (Å²) in [6.45, 7) is 10.3. The summed E-state index contributed by atoms with van der Waals surface area (Å²) < 4.78 is 17.4. The van der Waals surface area contributed by atoms with Crippen LogP contribution < -0.4 is 14.4 Å². The Morgan fingerprint density at radius 3 is 2.30 bits per heavy atom. The van der Waals surface area contributed by atoms with Crippen LogP contribution >= 0.6 is 0 Å². The highest BCUT2D eigenvalue weighted by Gasteiger charge is 2.24. The number of rotatable bonds is 9. The Labute approximate surface area is 163 Å². The molecule has 3 rings (SSSR count). The molecule has 1 aliphatic heterocycles. The molecule has 146 valence electrons. The SMILES string of the molecule is C[C@@H]1C[C@H](C)C[NH+](CCOCCOc2cccc(Oc3ccccc3)c2)C1. The molecule has 0 bridgehead atoms. The third kappa shape index (κ3) is 6.89. The number of ether oxygens (including phenoxy) is 3. The van der Waals surface area contributed by atoms with Crippen LogP contribution in [0.4, 0.5) is 0 Å². The van der Waals surface area contributed by atoms with Crippen molar-refractivity contribution in [2.24, 2.45) is 11.8 Å². The summed E-state index contributed by atoms with van der Waals surface area (Å²) in [5, 5.41) is 0. The van der Waals surface area contributed by atoms with E-state index in [0.717, 1.165) is 42.2 Å². The molecule has 1 aliphatic rings. The molecule has 0 amide bonds. The Morgan fingerprint density at radius 1 is 0.815 bits per heavy atom. The van der Waals surface area contributed by atoms with E-state index in [4.69, 9.17) is 14.2 Å². The van der Waals surface area contributed by atoms with Crippen LogP contribution in [0.5, 0.6) is 17.2 Å². The predicted octanol–water partition coefficient (Wildman–Crippen LogP) is 3.44. The zero-order valence-electron chi connectivity index (χ0n) is 16.5. The molecule has 0 spiro atoms. The number of likely N-dealkylation sites (tertiary alicyclic amines) is 1. The highest BCUT2D eigenvalue weighted by Crippen LogP contribution is 2.24. The van der Waals surface area contributed by atoms with Crippen LogP contribution in [0.1, 0.15) is 20.3 Å². The van der Waals surface area contributed by atoms with E-state index in [9.17, 15) is 0 Å². The molecule has 3 atom stereocenters. The van der Waals surface area contributed by atoms with Crippen molar-refractivity contribution in [1.29, 1.82) is 0 Å².